The molecule has 0 aromatic heterocycles. The number of benzene rings is 1. The van der Waals surface area contributed by atoms with Gasteiger partial charge in [-0.25, -0.2) is 0 Å². The first-order chi connectivity index (χ1) is 16.7. The number of methoxy groups -OCH3 is 2. The van der Waals surface area contributed by atoms with E-state index in [0.717, 1.165) is 25.7 Å². The van der Waals surface area contributed by atoms with E-state index in [9.17, 15) is 14.4 Å². The minimum atomic E-state index is -0.303. The van der Waals surface area contributed by atoms with E-state index in [4.69, 9.17) is 14.2 Å². The van der Waals surface area contributed by atoms with E-state index < -0.39 is 0 Å². The minimum Gasteiger partial charge on any atom is -0.491 e. The number of rotatable bonds is 5. The van der Waals surface area contributed by atoms with Gasteiger partial charge in [-0.1, -0.05) is 19.8 Å². The number of carbonyl (C=O) groups excluding carboxylic acids is 3. The maximum atomic E-state index is 13.5. The van der Waals surface area contributed by atoms with E-state index in [1.54, 1.807) is 37.3 Å². The molecule has 1 N–H and O–H groups in total. The molecule has 1 aromatic rings. The average molecular weight is 490 g/mol. The number of nitrogens with one attached hydrogen (secondary N) is 1. The van der Waals surface area contributed by atoms with E-state index in [1.807, 2.05) is 11.8 Å². The third-order valence-electron chi connectivity index (χ3n) is 6.99. The number of hydrogen-bond donors (Lipinski definition) is 1. The summed E-state index contributed by atoms with van der Waals surface area (Å²) >= 11 is 0. The van der Waals surface area contributed by atoms with Gasteiger partial charge in [0.2, 0.25) is 11.8 Å². The van der Waals surface area contributed by atoms with Crippen molar-refractivity contribution in [3.8, 4) is 5.75 Å². The van der Waals surface area contributed by atoms with Gasteiger partial charge in [0.25, 0.3) is 5.91 Å². The van der Waals surface area contributed by atoms with Crippen LogP contribution in [0.25, 0.3) is 0 Å². The molecule has 3 amide bonds. The zero-order valence-electron chi connectivity index (χ0n) is 21.5. The Morgan fingerprint density at radius 1 is 1.14 bits per heavy atom. The van der Waals surface area contributed by atoms with Crippen molar-refractivity contribution in [3.63, 3.8) is 0 Å². The maximum absolute atomic E-state index is 13.5. The largest absolute Gasteiger partial charge is 0.491 e. The Bertz CT molecular complexity index is 901. The third kappa shape index (κ3) is 6.73. The fraction of sp³-hybridized carbons (Fsp3) is 0.654. The number of carbonyl (C=O) groups is 3. The molecule has 35 heavy (non-hydrogen) atoms. The van der Waals surface area contributed by atoms with Gasteiger partial charge in [0.05, 0.1) is 17.7 Å². The van der Waals surface area contributed by atoms with E-state index in [1.165, 1.54) is 7.11 Å². The molecule has 0 saturated heterocycles. The van der Waals surface area contributed by atoms with Gasteiger partial charge < -0.3 is 29.3 Å². The summed E-state index contributed by atoms with van der Waals surface area (Å²) in [6, 6.07) is 4.77. The number of ether oxygens (including phenoxy) is 3. The van der Waals surface area contributed by atoms with Gasteiger partial charge in [0, 0.05) is 57.9 Å². The third-order valence-corrected chi connectivity index (χ3v) is 6.99. The summed E-state index contributed by atoms with van der Waals surface area (Å²) in [7, 11) is 4.82. The fourth-order valence-corrected chi connectivity index (χ4v) is 4.89. The molecular formula is C26H39N3O6. The van der Waals surface area contributed by atoms with Crippen LogP contribution in [0.5, 0.6) is 5.75 Å². The minimum absolute atomic E-state index is 0.0281. The van der Waals surface area contributed by atoms with Crippen molar-refractivity contribution in [2.45, 2.75) is 51.7 Å². The van der Waals surface area contributed by atoms with Crippen LogP contribution in [0.2, 0.25) is 0 Å². The lowest BCUT2D eigenvalue weighted by molar-refractivity contribution is -0.139. The second kappa shape index (κ2) is 12.4. The summed E-state index contributed by atoms with van der Waals surface area (Å²) in [4.78, 5) is 42.3. The summed E-state index contributed by atoms with van der Waals surface area (Å²) in [5, 5.41) is 2.75. The van der Waals surface area contributed by atoms with Gasteiger partial charge in [-0.15, -0.1) is 0 Å². The summed E-state index contributed by atoms with van der Waals surface area (Å²) in [6.07, 6.45) is 3.80. The molecule has 3 atom stereocenters. The molecule has 2 aliphatic rings. The quantitative estimate of drug-likeness (QED) is 0.683. The molecule has 3 rings (SSSR count). The van der Waals surface area contributed by atoms with Gasteiger partial charge in [-0.3, -0.25) is 14.4 Å². The Morgan fingerprint density at radius 2 is 1.86 bits per heavy atom. The van der Waals surface area contributed by atoms with Gasteiger partial charge in [0.1, 0.15) is 19.0 Å². The van der Waals surface area contributed by atoms with E-state index in [2.05, 4.69) is 12.2 Å². The SMILES string of the molecule is COCC(=O)Nc1ccc2c(c1)OC[C@@H](C)N(C(=O)C1CCCC1)C[C@H](C)[C@@H](OC)CN(C)C2=O. The Hall–Kier alpha value is -2.65. The van der Waals surface area contributed by atoms with Gasteiger partial charge in [-0.05, 0) is 31.9 Å². The van der Waals surface area contributed by atoms with Crippen LogP contribution >= 0.6 is 0 Å². The molecule has 9 heteroatoms. The average Bonchev–Trinajstić information content (AvgIpc) is 3.38. The number of likely N-dealkylation sites (N-methyl/N-ethyl adjacent to an activating group) is 1. The Morgan fingerprint density at radius 3 is 2.51 bits per heavy atom. The van der Waals surface area contributed by atoms with Crippen molar-refractivity contribution in [1.29, 1.82) is 0 Å². The zero-order valence-corrected chi connectivity index (χ0v) is 21.5. The maximum Gasteiger partial charge on any atom is 0.257 e. The van der Waals surface area contributed by atoms with Crippen LogP contribution in [0.3, 0.4) is 0 Å². The molecule has 1 aliphatic carbocycles. The summed E-state index contributed by atoms with van der Waals surface area (Å²) in [6.45, 7) is 5.09. The van der Waals surface area contributed by atoms with E-state index in [0.29, 0.717) is 30.1 Å². The molecule has 0 radical (unpaired) electrons. The summed E-state index contributed by atoms with van der Waals surface area (Å²) in [5.74, 6) is 0.110. The van der Waals surface area contributed by atoms with Gasteiger partial charge in [-0.2, -0.15) is 0 Å². The lowest BCUT2D eigenvalue weighted by Gasteiger charge is -2.37. The molecular weight excluding hydrogens is 450 g/mol. The molecule has 0 unspecified atom stereocenters. The smallest absolute Gasteiger partial charge is 0.257 e. The first-order valence-electron chi connectivity index (χ1n) is 12.4. The highest BCUT2D eigenvalue weighted by Crippen LogP contribution is 2.30. The number of amides is 3. The van der Waals surface area contributed by atoms with Crippen molar-refractivity contribution in [2.75, 3.05) is 52.9 Å². The zero-order chi connectivity index (χ0) is 25.5. The molecule has 1 saturated carbocycles. The highest BCUT2D eigenvalue weighted by Gasteiger charge is 2.34. The first-order valence-corrected chi connectivity index (χ1v) is 12.4. The monoisotopic (exact) mass is 489 g/mol. The Labute approximate surface area is 208 Å². The molecule has 1 fully saturated rings. The number of fused-ring (bicyclic) bond motifs is 1. The molecule has 9 nitrogen and oxygen atoms in total. The van der Waals surface area contributed by atoms with Gasteiger partial charge >= 0.3 is 0 Å². The van der Waals surface area contributed by atoms with Crippen molar-refractivity contribution < 1.29 is 28.6 Å². The van der Waals surface area contributed by atoms with Crippen molar-refractivity contribution in [1.82, 2.24) is 9.80 Å². The van der Waals surface area contributed by atoms with Crippen LogP contribution in [0, 0.1) is 11.8 Å². The highest BCUT2D eigenvalue weighted by atomic mass is 16.5. The Kier molecular flexibility index (Phi) is 9.51. The number of anilines is 1. The molecule has 194 valence electrons. The molecule has 1 heterocycles. The predicted molar refractivity (Wildman–Crippen MR) is 132 cm³/mol. The van der Waals surface area contributed by atoms with Crippen LogP contribution in [-0.4, -0.2) is 87.2 Å². The second-order valence-corrected chi connectivity index (χ2v) is 9.76. The molecule has 1 aliphatic heterocycles. The number of nitrogens with zero attached hydrogens (tertiary/aromatic N) is 2. The Balaban J connectivity index is 1.93. The van der Waals surface area contributed by atoms with Crippen molar-refractivity contribution in [3.05, 3.63) is 23.8 Å². The van der Waals surface area contributed by atoms with Crippen LogP contribution in [0.1, 0.15) is 49.9 Å². The predicted octanol–water partition coefficient (Wildman–Crippen LogP) is 2.79. The lowest BCUT2D eigenvalue weighted by atomic mass is 9.99. The van der Waals surface area contributed by atoms with Gasteiger partial charge in [0.15, 0.2) is 0 Å². The molecule has 0 spiro atoms. The van der Waals surface area contributed by atoms with Crippen LogP contribution < -0.4 is 10.1 Å². The standard InChI is InChI=1S/C26H39N3O6/c1-17-13-29(25(31)19-8-6-7-9-19)18(2)15-35-22-12-20(27-24(30)16-33-4)10-11-21(22)26(32)28(3)14-23(17)34-5/h10-12,17-19,23H,6-9,13-16H2,1-5H3,(H,27,30)/t17-,18+,23-/m0/s1. The summed E-state index contributed by atoms with van der Waals surface area (Å²) in [5.41, 5.74) is 0.893. The summed E-state index contributed by atoms with van der Waals surface area (Å²) < 4.78 is 16.8. The highest BCUT2D eigenvalue weighted by molar-refractivity contribution is 5.98. The van der Waals surface area contributed by atoms with Crippen LogP contribution in [0.4, 0.5) is 5.69 Å². The van der Waals surface area contributed by atoms with Crippen molar-refractivity contribution in [2.24, 2.45) is 11.8 Å². The number of hydrogen-bond acceptors (Lipinski definition) is 6. The second-order valence-electron chi connectivity index (χ2n) is 9.76. The molecule has 0 bridgehead atoms. The fourth-order valence-electron chi connectivity index (χ4n) is 4.89. The van der Waals surface area contributed by atoms with Crippen LogP contribution in [-0.2, 0) is 19.1 Å². The molecule has 1 aromatic carbocycles. The van der Waals surface area contributed by atoms with Crippen LogP contribution in [0.15, 0.2) is 18.2 Å². The van der Waals surface area contributed by atoms with E-state index >= 15 is 0 Å². The topological polar surface area (TPSA) is 97.4 Å². The first kappa shape index (κ1) is 26.9. The normalized spacial score (nSPS) is 24.3. The van der Waals surface area contributed by atoms with E-state index in [-0.39, 0.29) is 54.9 Å². The lowest BCUT2D eigenvalue weighted by Crippen LogP contribution is -2.50. The van der Waals surface area contributed by atoms with Crippen molar-refractivity contribution >= 4 is 23.4 Å².